The molecule has 1 N–H and O–H groups in total. The van der Waals surface area contributed by atoms with Crippen molar-refractivity contribution in [2.45, 2.75) is 53.5 Å². The Morgan fingerprint density at radius 3 is 2.06 bits per heavy atom. The summed E-state index contributed by atoms with van der Waals surface area (Å²) >= 11 is 0. The van der Waals surface area contributed by atoms with Crippen LogP contribution in [0.4, 0.5) is 0 Å². The monoisotopic (exact) mass is 437 g/mol. The number of carboxylic acid groups (broad SMARTS) is 1. The predicted molar refractivity (Wildman–Crippen MR) is 128 cm³/mol. The molecule has 0 aliphatic carbocycles. The molecule has 2 aromatic carbocycles. The van der Waals surface area contributed by atoms with Crippen LogP contribution in [0.2, 0.25) is 0 Å². The normalized spacial score (nSPS) is 13.2. The van der Waals surface area contributed by atoms with Crippen LogP contribution in [0.15, 0.2) is 53.1 Å². The summed E-state index contributed by atoms with van der Waals surface area (Å²) in [6.45, 7) is 11.7. The van der Waals surface area contributed by atoms with Crippen LogP contribution in [0.25, 0.3) is 22.8 Å². The average Bonchev–Trinajstić information content (AvgIpc) is 3.49. The molecule has 0 saturated carbocycles. The van der Waals surface area contributed by atoms with Crippen molar-refractivity contribution < 1.29 is 14.4 Å². The van der Waals surface area contributed by atoms with Gasteiger partial charge in [0.2, 0.25) is 5.82 Å². The molecule has 32 heavy (non-hydrogen) atoms. The molecular formula is C26H35N3O3. The van der Waals surface area contributed by atoms with Crippen LogP contribution in [-0.2, 0) is 17.8 Å². The molecule has 0 bridgehead atoms. The molecule has 1 saturated heterocycles. The summed E-state index contributed by atoms with van der Waals surface area (Å²) in [5.41, 5.74) is 4.63. The summed E-state index contributed by atoms with van der Waals surface area (Å²) in [6.07, 6.45) is 3.73. The maximum atomic E-state index is 8.36. The van der Waals surface area contributed by atoms with E-state index < -0.39 is 0 Å². The quantitative estimate of drug-likeness (QED) is 0.482. The van der Waals surface area contributed by atoms with Gasteiger partial charge in [-0.2, -0.15) is 4.98 Å². The van der Waals surface area contributed by atoms with Gasteiger partial charge in [0.05, 0.1) is 0 Å². The van der Waals surface area contributed by atoms with Gasteiger partial charge in [0.1, 0.15) is 0 Å². The third-order valence-electron chi connectivity index (χ3n) is 5.09. The molecule has 2 heterocycles. The lowest BCUT2D eigenvalue weighted by Crippen LogP contribution is -2.18. The molecule has 0 spiro atoms. The van der Waals surface area contributed by atoms with E-state index >= 15 is 0 Å². The lowest BCUT2D eigenvalue weighted by Gasteiger charge is -2.14. The number of carbonyl (C=O) groups is 1. The third kappa shape index (κ3) is 7.61. The zero-order valence-electron chi connectivity index (χ0n) is 19.6. The van der Waals surface area contributed by atoms with Gasteiger partial charge >= 0.3 is 0 Å². The smallest absolute Gasteiger partial charge is 0.290 e. The number of aromatic nitrogens is 2. The predicted octanol–water partition coefficient (Wildman–Crippen LogP) is 5.92. The first-order chi connectivity index (χ1) is 15.6. The van der Waals surface area contributed by atoms with Crippen molar-refractivity contribution in [2.24, 2.45) is 5.92 Å². The summed E-state index contributed by atoms with van der Waals surface area (Å²) in [5, 5.41) is 11.1. The van der Waals surface area contributed by atoms with Gasteiger partial charge in [-0.1, -0.05) is 69.2 Å². The number of rotatable bonds is 6. The lowest BCUT2D eigenvalue weighted by atomic mass is 10.0. The molecule has 0 amide bonds. The molecule has 3 aromatic rings. The number of nitrogens with zero attached hydrogens (tertiary/aromatic N) is 3. The fraction of sp³-hybridized carbons (Fsp3) is 0.423. The highest BCUT2D eigenvalue weighted by molar-refractivity contribution is 5.60. The molecule has 0 unspecified atom stereocenters. The summed E-state index contributed by atoms with van der Waals surface area (Å²) in [7, 11) is 0. The Kier molecular flexibility index (Phi) is 10.6. The van der Waals surface area contributed by atoms with E-state index in [1.807, 2.05) is 13.8 Å². The maximum Gasteiger partial charge on any atom is 0.290 e. The molecule has 1 aliphatic heterocycles. The van der Waals surface area contributed by atoms with Gasteiger partial charge in [0.25, 0.3) is 12.4 Å². The van der Waals surface area contributed by atoms with Crippen molar-refractivity contribution in [3.8, 4) is 22.8 Å². The average molecular weight is 438 g/mol. The zero-order valence-corrected chi connectivity index (χ0v) is 19.6. The molecular weight excluding hydrogens is 402 g/mol. The Labute approximate surface area is 191 Å². The van der Waals surface area contributed by atoms with E-state index in [2.05, 4.69) is 77.4 Å². The van der Waals surface area contributed by atoms with Crippen LogP contribution in [0.1, 0.15) is 51.7 Å². The van der Waals surface area contributed by atoms with E-state index in [-0.39, 0.29) is 6.47 Å². The molecule has 1 aromatic heterocycles. The van der Waals surface area contributed by atoms with Crippen LogP contribution < -0.4 is 0 Å². The SMILES string of the molecule is CC.CC(C)Cc1ccc(-c2nc(-c3ccc(CN4CCCC4)cc3)no2)cc1.O=CO. The van der Waals surface area contributed by atoms with Crippen LogP contribution in [0.3, 0.4) is 0 Å². The molecule has 4 rings (SSSR count). The van der Waals surface area contributed by atoms with E-state index in [1.165, 1.54) is 37.1 Å². The van der Waals surface area contributed by atoms with E-state index in [0.29, 0.717) is 17.6 Å². The second-order valence-electron chi connectivity index (χ2n) is 8.00. The Bertz CT molecular complexity index is 912. The van der Waals surface area contributed by atoms with E-state index in [0.717, 1.165) is 24.1 Å². The van der Waals surface area contributed by atoms with Crippen molar-refractivity contribution in [3.05, 3.63) is 59.7 Å². The Hall–Kier alpha value is -2.99. The molecule has 6 nitrogen and oxygen atoms in total. The van der Waals surface area contributed by atoms with Gasteiger partial charge in [-0.3, -0.25) is 9.69 Å². The fourth-order valence-corrected chi connectivity index (χ4v) is 3.67. The second-order valence-corrected chi connectivity index (χ2v) is 8.00. The minimum Gasteiger partial charge on any atom is -0.483 e. The van der Waals surface area contributed by atoms with Gasteiger partial charge in [-0.05, 0) is 61.5 Å². The summed E-state index contributed by atoms with van der Waals surface area (Å²) < 4.78 is 5.49. The summed E-state index contributed by atoms with van der Waals surface area (Å²) in [4.78, 5) is 15.5. The maximum absolute atomic E-state index is 8.36. The van der Waals surface area contributed by atoms with Crippen molar-refractivity contribution >= 4 is 6.47 Å². The highest BCUT2D eigenvalue weighted by Crippen LogP contribution is 2.24. The van der Waals surface area contributed by atoms with Crippen LogP contribution >= 0.6 is 0 Å². The topological polar surface area (TPSA) is 79.5 Å². The second kappa shape index (κ2) is 13.4. The molecule has 0 radical (unpaired) electrons. The van der Waals surface area contributed by atoms with Gasteiger partial charge in [0.15, 0.2) is 0 Å². The lowest BCUT2D eigenvalue weighted by molar-refractivity contribution is -0.122. The zero-order chi connectivity index (χ0) is 23.3. The minimum absolute atomic E-state index is 0.250. The van der Waals surface area contributed by atoms with Crippen molar-refractivity contribution in [1.29, 1.82) is 0 Å². The standard InChI is InChI=1S/C23H27N3O.C2H6.CH2O2/c1-17(2)15-18-5-11-21(12-6-18)23-24-22(25-27-23)20-9-7-19(8-10-20)16-26-13-3-4-14-26;1-2;2-1-3/h5-12,17H,3-4,13-16H2,1-2H3;1-2H3;1H,(H,2,3). The molecule has 172 valence electrons. The molecule has 0 atom stereocenters. The number of hydrogen-bond donors (Lipinski definition) is 1. The van der Waals surface area contributed by atoms with Gasteiger partial charge in [-0.15, -0.1) is 0 Å². The first-order valence-corrected chi connectivity index (χ1v) is 11.4. The van der Waals surface area contributed by atoms with E-state index in [4.69, 9.17) is 14.4 Å². The first kappa shape index (κ1) is 25.3. The Morgan fingerprint density at radius 1 is 0.969 bits per heavy atom. The number of hydrogen-bond acceptors (Lipinski definition) is 5. The molecule has 6 heteroatoms. The molecule has 1 fully saturated rings. The summed E-state index contributed by atoms with van der Waals surface area (Å²) in [5.74, 6) is 1.87. The highest BCUT2D eigenvalue weighted by atomic mass is 16.5. The largest absolute Gasteiger partial charge is 0.483 e. The number of benzene rings is 2. The number of likely N-dealkylation sites (tertiary alicyclic amines) is 1. The molecule has 1 aliphatic rings. The van der Waals surface area contributed by atoms with Gasteiger partial charge < -0.3 is 9.63 Å². The van der Waals surface area contributed by atoms with Crippen molar-refractivity contribution in [1.82, 2.24) is 15.0 Å². The Balaban J connectivity index is 0.000000671. The van der Waals surface area contributed by atoms with Gasteiger partial charge in [-0.25, -0.2) is 0 Å². The minimum atomic E-state index is -0.250. The van der Waals surface area contributed by atoms with E-state index in [1.54, 1.807) is 0 Å². The third-order valence-corrected chi connectivity index (χ3v) is 5.09. The fourth-order valence-electron chi connectivity index (χ4n) is 3.67. The van der Waals surface area contributed by atoms with Crippen molar-refractivity contribution in [2.75, 3.05) is 13.1 Å². The summed E-state index contributed by atoms with van der Waals surface area (Å²) in [6, 6.07) is 16.9. The Morgan fingerprint density at radius 2 is 1.50 bits per heavy atom. The van der Waals surface area contributed by atoms with Crippen LogP contribution in [0.5, 0.6) is 0 Å². The highest BCUT2D eigenvalue weighted by Gasteiger charge is 2.13. The van der Waals surface area contributed by atoms with E-state index in [9.17, 15) is 0 Å². The van der Waals surface area contributed by atoms with Crippen LogP contribution in [-0.4, -0.2) is 39.7 Å². The van der Waals surface area contributed by atoms with Crippen LogP contribution in [0, 0.1) is 5.92 Å². The van der Waals surface area contributed by atoms with Crippen molar-refractivity contribution in [3.63, 3.8) is 0 Å². The first-order valence-electron chi connectivity index (χ1n) is 11.4. The van der Waals surface area contributed by atoms with Gasteiger partial charge in [0, 0.05) is 17.7 Å².